The monoisotopic (exact) mass is 668 g/mol. The molecule has 1 aliphatic rings. The first kappa shape index (κ1) is 31.0. The molecule has 12 heteroatoms. The molecule has 1 aromatic heterocycles. The zero-order chi connectivity index (χ0) is 31.1. The highest BCUT2D eigenvalue weighted by atomic mass is 79.9. The van der Waals surface area contributed by atoms with Gasteiger partial charge in [-0.1, -0.05) is 78.0 Å². The molecule has 1 saturated heterocycles. The van der Waals surface area contributed by atoms with Gasteiger partial charge >= 0.3 is 18.2 Å². The normalized spacial score (nSPS) is 15.1. The number of hydrogen-bond donors (Lipinski definition) is 0. The standard InChI is InChI=1S/C32H28BrF3N4O4/c33-26-20-24(29-37-28(38-44-29)19-22-9-3-1-4-10-22)15-16-27(26)40(30(41)32(34,35)36)18-8-14-25-13-7-17-39(25)31(42)43-21-23-11-5-2-6-12-23/h1-6,8-12,14-16,20,25H,7,13,17-19,21H2/t25-/m1/s1. The molecular weight excluding hydrogens is 641 g/mol. The summed E-state index contributed by atoms with van der Waals surface area (Å²) >= 11 is 3.32. The lowest BCUT2D eigenvalue weighted by Gasteiger charge is -2.25. The van der Waals surface area contributed by atoms with Crippen LogP contribution in [-0.2, 0) is 22.6 Å². The van der Waals surface area contributed by atoms with Gasteiger partial charge in [-0.25, -0.2) is 4.79 Å². The van der Waals surface area contributed by atoms with Crippen LogP contribution < -0.4 is 4.90 Å². The fraction of sp³-hybridized carbons (Fsp3) is 0.250. The van der Waals surface area contributed by atoms with Crippen molar-refractivity contribution < 1.29 is 32.0 Å². The number of carbonyl (C=O) groups excluding carboxylic acids is 2. The van der Waals surface area contributed by atoms with Gasteiger partial charge in [-0.3, -0.25) is 9.69 Å². The summed E-state index contributed by atoms with van der Waals surface area (Å²) in [6.07, 6.45) is -0.711. The summed E-state index contributed by atoms with van der Waals surface area (Å²) in [7, 11) is 0. The van der Waals surface area contributed by atoms with Crippen molar-refractivity contribution in [2.45, 2.75) is 38.1 Å². The first-order valence-electron chi connectivity index (χ1n) is 13.9. The van der Waals surface area contributed by atoms with Crippen molar-refractivity contribution in [3.63, 3.8) is 0 Å². The number of likely N-dealkylation sites (tertiary alicyclic amines) is 1. The van der Waals surface area contributed by atoms with Crippen molar-refractivity contribution in [3.8, 4) is 11.5 Å². The topological polar surface area (TPSA) is 88.8 Å². The number of nitrogens with zero attached hydrogens (tertiary/aromatic N) is 4. The zero-order valence-electron chi connectivity index (χ0n) is 23.4. The Hall–Kier alpha value is -4.45. The molecule has 4 aromatic rings. The van der Waals surface area contributed by atoms with E-state index in [0.717, 1.165) is 17.5 Å². The Balaban J connectivity index is 1.28. The molecule has 0 radical (unpaired) electrons. The van der Waals surface area contributed by atoms with E-state index < -0.39 is 18.2 Å². The van der Waals surface area contributed by atoms with Gasteiger partial charge in [0.1, 0.15) is 6.61 Å². The van der Waals surface area contributed by atoms with Crippen LogP contribution in [0.4, 0.5) is 23.7 Å². The van der Waals surface area contributed by atoms with E-state index in [1.807, 2.05) is 60.7 Å². The number of halogens is 4. The maximum atomic E-state index is 13.6. The minimum absolute atomic E-state index is 0.00954. The molecule has 0 spiro atoms. The largest absolute Gasteiger partial charge is 0.471 e. The maximum Gasteiger partial charge on any atom is 0.471 e. The molecule has 2 heterocycles. The fourth-order valence-corrected chi connectivity index (χ4v) is 5.46. The van der Waals surface area contributed by atoms with Gasteiger partial charge in [-0.05, 0) is 58.1 Å². The Kier molecular flexibility index (Phi) is 9.78. The molecule has 8 nitrogen and oxygen atoms in total. The summed E-state index contributed by atoms with van der Waals surface area (Å²) in [5.74, 6) is -1.38. The average molecular weight is 669 g/mol. The van der Waals surface area contributed by atoms with E-state index in [9.17, 15) is 22.8 Å². The van der Waals surface area contributed by atoms with Crippen LogP contribution in [0.3, 0.4) is 0 Å². The van der Waals surface area contributed by atoms with Crippen LogP contribution in [0.1, 0.15) is 29.8 Å². The highest BCUT2D eigenvalue weighted by molar-refractivity contribution is 9.10. The summed E-state index contributed by atoms with van der Waals surface area (Å²) in [5.41, 5.74) is 2.32. The first-order valence-corrected chi connectivity index (χ1v) is 14.7. The molecular formula is C32H28BrF3N4O4. The van der Waals surface area contributed by atoms with Gasteiger partial charge < -0.3 is 14.2 Å². The van der Waals surface area contributed by atoms with E-state index in [-0.39, 0.29) is 35.2 Å². The van der Waals surface area contributed by atoms with E-state index in [2.05, 4.69) is 26.1 Å². The molecule has 0 bridgehead atoms. The Labute approximate surface area is 260 Å². The van der Waals surface area contributed by atoms with Crippen molar-refractivity contribution in [1.29, 1.82) is 0 Å². The predicted octanol–water partition coefficient (Wildman–Crippen LogP) is 7.34. The molecule has 1 atom stereocenters. The number of hydrogen-bond acceptors (Lipinski definition) is 6. The van der Waals surface area contributed by atoms with Crippen LogP contribution in [0.5, 0.6) is 0 Å². The summed E-state index contributed by atoms with van der Waals surface area (Å²) in [4.78, 5) is 31.8. The van der Waals surface area contributed by atoms with Crippen LogP contribution in [0.25, 0.3) is 11.5 Å². The molecule has 1 fully saturated rings. The van der Waals surface area contributed by atoms with Gasteiger partial charge in [0.2, 0.25) is 0 Å². The molecule has 0 saturated carbocycles. The number of aromatic nitrogens is 2. The quantitative estimate of drug-likeness (QED) is 0.173. The Morgan fingerprint density at radius 2 is 1.75 bits per heavy atom. The molecule has 2 amide bonds. The summed E-state index contributed by atoms with van der Waals surface area (Å²) < 4.78 is 51.9. The smallest absolute Gasteiger partial charge is 0.445 e. The van der Waals surface area contributed by atoms with Gasteiger partial charge in [0.25, 0.3) is 5.89 Å². The molecule has 1 aliphatic heterocycles. The van der Waals surface area contributed by atoms with Crippen molar-refractivity contribution in [2.75, 3.05) is 18.0 Å². The second-order valence-corrected chi connectivity index (χ2v) is 11.0. The van der Waals surface area contributed by atoms with Gasteiger partial charge in [0.15, 0.2) is 5.82 Å². The molecule has 0 N–H and O–H groups in total. The predicted molar refractivity (Wildman–Crippen MR) is 161 cm³/mol. The molecule has 44 heavy (non-hydrogen) atoms. The van der Waals surface area contributed by atoms with Crippen LogP contribution in [0.2, 0.25) is 0 Å². The van der Waals surface area contributed by atoms with Crippen LogP contribution >= 0.6 is 15.9 Å². The van der Waals surface area contributed by atoms with Crippen molar-refractivity contribution in [2.24, 2.45) is 0 Å². The molecule has 3 aromatic carbocycles. The van der Waals surface area contributed by atoms with E-state index in [4.69, 9.17) is 9.26 Å². The molecule has 228 valence electrons. The lowest BCUT2D eigenvalue weighted by Crippen LogP contribution is -2.41. The highest BCUT2D eigenvalue weighted by Gasteiger charge is 2.43. The van der Waals surface area contributed by atoms with Gasteiger partial charge in [0.05, 0.1) is 11.7 Å². The van der Waals surface area contributed by atoms with Gasteiger partial charge in [-0.15, -0.1) is 0 Å². The number of carbonyl (C=O) groups is 2. The molecule has 0 aliphatic carbocycles. The van der Waals surface area contributed by atoms with E-state index in [1.165, 1.54) is 29.2 Å². The second-order valence-electron chi connectivity index (χ2n) is 10.1. The van der Waals surface area contributed by atoms with E-state index in [1.54, 1.807) is 6.08 Å². The fourth-order valence-electron chi connectivity index (χ4n) is 4.87. The average Bonchev–Trinajstić information content (AvgIpc) is 3.69. The van der Waals surface area contributed by atoms with Crippen molar-refractivity contribution >= 4 is 33.6 Å². The minimum Gasteiger partial charge on any atom is -0.445 e. The number of ether oxygens (including phenoxy) is 1. The molecule has 0 unspecified atom stereocenters. The summed E-state index contributed by atoms with van der Waals surface area (Å²) in [6.45, 7) is 0.202. The van der Waals surface area contributed by atoms with Crippen LogP contribution in [0, 0.1) is 0 Å². The van der Waals surface area contributed by atoms with Crippen LogP contribution in [0.15, 0.2) is 100 Å². The summed E-state index contributed by atoms with van der Waals surface area (Å²) in [6, 6.07) is 22.9. The van der Waals surface area contributed by atoms with Gasteiger partial charge in [0, 0.05) is 29.5 Å². The van der Waals surface area contributed by atoms with E-state index >= 15 is 0 Å². The third kappa shape index (κ3) is 7.73. The van der Waals surface area contributed by atoms with E-state index in [0.29, 0.717) is 35.7 Å². The Morgan fingerprint density at radius 1 is 1.05 bits per heavy atom. The SMILES string of the molecule is O=C(OCc1ccccc1)N1CCC[C@@H]1C=CCN(C(=O)C(F)(F)F)c1ccc(-c2nc(Cc3ccccc3)no2)cc1Br. The highest BCUT2D eigenvalue weighted by Crippen LogP contribution is 2.34. The third-order valence-electron chi connectivity index (χ3n) is 7.03. The second kappa shape index (κ2) is 13.9. The Morgan fingerprint density at radius 3 is 2.43 bits per heavy atom. The van der Waals surface area contributed by atoms with Crippen LogP contribution in [-0.4, -0.2) is 52.3 Å². The first-order chi connectivity index (χ1) is 21.2. The van der Waals surface area contributed by atoms with Gasteiger partial charge in [-0.2, -0.15) is 18.2 Å². The minimum atomic E-state index is -5.11. The number of anilines is 1. The van der Waals surface area contributed by atoms with Crippen molar-refractivity contribution in [1.82, 2.24) is 15.0 Å². The lowest BCUT2D eigenvalue weighted by atomic mass is 10.1. The molecule has 5 rings (SSSR count). The number of amides is 2. The zero-order valence-corrected chi connectivity index (χ0v) is 25.0. The summed E-state index contributed by atoms with van der Waals surface area (Å²) in [5, 5.41) is 4.00. The third-order valence-corrected chi connectivity index (χ3v) is 7.67. The number of benzene rings is 3. The van der Waals surface area contributed by atoms with Crippen molar-refractivity contribution in [3.05, 3.63) is 112 Å². The maximum absolute atomic E-state index is 13.6. The number of rotatable bonds is 9. The Bertz CT molecular complexity index is 1610. The lowest BCUT2D eigenvalue weighted by molar-refractivity contribution is -0.170. The number of alkyl halides is 3.